The van der Waals surface area contributed by atoms with Crippen molar-refractivity contribution in [1.29, 1.82) is 0 Å². The third kappa shape index (κ3) is 8.08. The number of carbonyl (C=O) groups excluding carboxylic acids is 1. The average molecular weight is 406 g/mol. The van der Waals surface area contributed by atoms with Crippen LogP contribution in [0.5, 0.6) is 5.88 Å². The highest BCUT2D eigenvalue weighted by atomic mass is 35.5. The molecule has 1 fully saturated rings. The van der Waals surface area contributed by atoms with Gasteiger partial charge in [-0.1, -0.05) is 0 Å². The number of aromatic nitrogens is 1. The van der Waals surface area contributed by atoms with Crippen LogP contribution in [-0.2, 0) is 16.1 Å². The van der Waals surface area contributed by atoms with Gasteiger partial charge >= 0.3 is 6.18 Å². The number of hydrogen-bond acceptors (Lipinski definition) is 5. The lowest BCUT2D eigenvalue weighted by Gasteiger charge is -2.13. The lowest BCUT2D eigenvalue weighted by atomic mass is 10.2. The zero-order valence-electron chi connectivity index (χ0n) is 13.1. The number of ether oxygens (including phenoxy) is 2. The molecule has 0 unspecified atom stereocenters. The molecule has 1 saturated heterocycles. The van der Waals surface area contributed by atoms with E-state index in [1.54, 1.807) is 6.07 Å². The van der Waals surface area contributed by atoms with Crippen molar-refractivity contribution >= 4 is 30.7 Å². The molecule has 1 aliphatic heterocycles. The highest BCUT2D eigenvalue weighted by molar-refractivity contribution is 5.85. The van der Waals surface area contributed by atoms with Crippen molar-refractivity contribution in [3.63, 3.8) is 0 Å². The predicted molar refractivity (Wildman–Crippen MR) is 89.1 cm³/mol. The van der Waals surface area contributed by atoms with Crippen LogP contribution in [0, 0.1) is 0 Å². The van der Waals surface area contributed by atoms with E-state index < -0.39 is 18.9 Å². The monoisotopic (exact) mass is 405 g/mol. The normalized spacial score (nSPS) is 19.5. The minimum atomic E-state index is -4.43. The molecule has 1 aromatic rings. The van der Waals surface area contributed by atoms with Crippen LogP contribution in [0.4, 0.5) is 13.2 Å². The van der Waals surface area contributed by atoms with Crippen molar-refractivity contribution in [2.75, 3.05) is 13.2 Å². The van der Waals surface area contributed by atoms with Crippen LogP contribution >= 0.6 is 24.8 Å². The molecule has 1 amide bonds. The zero-order chi connectivity index (χ0) is 16.9. The fourth-order valence-corrected chi connectivity index (χ4v) is 2.17. The van der Waals surface area contributed by atoms with Gasteiger partial charge in [0.1, 0.15) is 6.10 Å². The van der Waals surface area contributed by atoms with Gasteiger partial charge in [-0.15, -0.1) is 24.8 Å². The van der Waals surface area contributed by atoms with Crippen molar-refractivity contribution in [1.82, 2.24) is 10.3 Å². The van der Waals surface area contributed by atoms with Gasteiger partial charge in [0.05, 0.1) is 6.10 Å². The first-order valence-corrected chi connectivity index (χ1v) is 7.15. The summed E-state index contributed by atoms with van der Waals surface area (Å²) in [6, 6.07) is 2.93. The second-order valence-electron chi connectivity index (χ2n) is 5.18. The first-order chi connectivity index (χ1) is 10.9. The summed E-state index contributed by atoms with van der Waals surface area (Å²) in [4.78, 5) is 15.6. The molecule has 25 heavy (non-hydrogen) atoms. The van der Waals surface area contributed by atoms with Gasteiger partial charge in [-0.2, -0.15) is 13.2 Å². The lowest BCUT2D eigenvalue weighted by Crippen LogP contribution is -2.35. The molecule has 0 bridgehead atoms. The standard InChI is InChI=1S/C14H18F3N3O3.2ClH/c15-14(16,17)8-22-12-5-9(3-4-19-12)7-20-13(21)11-2-1-10(6-18)23-11;;/h3-5,10-11H,1-2,6-8,18H2,(H,20,21);2*1H/t10-,11+;;/m1../s1. The van der Waals surface area contributed by atoms with Crippen LogP contribution in [0.25, 0.3) is 0 Å². The van der Waals surface area contributed by atoms with E-state index in [9.17, 15) is 18.0 Å². The van der Waals surface area contributed by atoms with Crippen LogP contribution in [0.2, 0.25) is 0 Å². The Morgan fingerprint density at radius 3 is 2.72 bits per heavy atom. The smallest absolute Gasteiger partial charge is 0.422 e. The van der Waals surface area contributed by atoms with E-state index >= 15 is 0 Å². The van der Waals surface area contributed by atoms with E-state index in [2.05, 4.69) is 15.0 Å². The lowest BCUT2D eigenvalue weighted by molar-refractivity contribution is -0.154. The number of hydrogen-bond donors (Lipinski definition) is 2. The third-order valence-corrected chi connectivity index (χ3v) is 3.31. The van der Waals surface area contributed by atoms with Gasteiger partial charge in [0, 0.05) is 25.4 Å². The Bertz CT molecular complexity index is 550. The first-order valence-electron chi connectivity index (χ1n) is 7.15. The fourth-order valence-electron chi connectivity index (χ4n) is 2.17. The van der Waals surface area contributed by atoms with E-state index in [1.165, 1.54) is 12.3 Å². The number of nitrogens with one attached hydrogen (secondary N) is 1. The zero-order valence-corrected chi connectivity index (χ0v) is 14.8. The quantitative estimate of drug-likeness (QED) is 0.755. The maximum Gasteiger partial charge on any atom is 0.422 e. The maximum atomic E-state index is 12.1. The Morgan fingerprint density at radius 1 is 1.40 bits per heavy atom. The second-order valence-corrected chi connectivity index (χ2v) is 5.18. The molecule has 0 saturated carbocycles. The number of amides is 1. The van der Waals surface area contributed by atoms with Crippen LogP contribution in [-0.4, -0.2) is 42.4 Å². The average Bonchev–Trinajstić information content (AvgIpc) is 2.99. The molecule has 0 radical (unpaired) electrons. The molecule has 2 rings (SSSR count). The van der Waals surface area contributed by atoms with Crippen molar-refractivity contribution < 1.29 is 27.4 Å². The summed E-state index contributed by atoms with van der Waals surface area (Å²) >= 11 is 0. The van der Waals surface area contributed by atoms with Crippen LogP contribution in [0.3, 0.4) is 0 Å². The minimum Gasteiger partial charge on any atom is -0.468 e. The molecule has 144 valence electrons. The molecule has 1 aromatic heterocycles. The molecule has 11 heteroatoms. The van der Waals surface area contributed by atoms with Gasteiger partial charge in [0.15, 0.2) is 6.61 Å². The molecule has 6 nitrogen and oxygen atoms in total. The maximum absolute atomic E-state index is 12.1. The molecule has 0 aliphatic carbocycles. The summed E-state index contributed by atoms with van der Waals surface area (Å²) in [5.41, 5.74) is 6.06. The molecule has 3 N–H and O–H groups in total. The summed E-state index contributed by atoms with van der Waals surface area (Å²) in [6.45, 7) is -0.892. The van der Waals surface area contributed by atoms with Gasteiger partial charge in [-0.3, -0.25) is 4.79 Å². The number of halogens is 5. The largest absolute Gasteiger partial charge is 0.468 e. The number of nitrogens with zero attached hydrogens (tertiary/aromatic N) is 1. The summed E-state index contributed by atoms with van der Waals surface area (Å²) in [5.74, 6) is -0.412. The van der Waals surface area contributed by atoms with Gasteiger partial charge in [-0.05, 0) is 24.5 Å². The Kier molecular flexibility index (Phi) is 10.1. The van der Waals surface area contributed by atoms with Crippen molar-refractivity contribution in [2.45, 2.75) is 37.8 Å². The van der Waals surface area contributed by atoms with Gasteiger partial charge in [0.2, 0.25) is 11.8 Å². The van der Waals surface area contributed by atoms with Crippen LogP contribution < -0.4 is 15.8 Å². The van der Waals surface area contributed by atoms with Crippen molar-refractivity contribution in [2.24, 2.45) is 5.73 Å². The fraction of sp³-hybridized carbons (Fsp3) is 0.571. The molecule has 1 aliphatic rings. The SMILES string of the molecule is Cl.Cl.NC[C@H]1CC[C@@H](C(=O)NCc2ccnc(OCC(F)(F)F)c2)O1. The number of alkyl halides is 3. The van der Waals surface area contributed by atoms with E-state index in [0.717, 1.165) is 6.42 Å². The molecule has 0 spiro atoms. The van der Waals surface area contributed by atoms with Gasteiger partial charge in [-0.25, -0.2) is 4.98 Å². The Labute approximate surface area is 155 Å². The Balaban J connectivity index is 0.00000288. The van der Waals surface area contributed by atoms with Crippen LogP contribution in [0.15, 0.2) is 18.3 Å². The topological polar surface area (TPSA) is 86.5 Å². The highest BCUT2D eigenvalue weighted by Gasteiger charge is 2.30. The van der Waals surface area contributed by atoms with E-state index in [1.807, 2.05) is 0 Å². The van der Waals surface area contributed by atoms with Gasteiger partial charge < -0.3 is 20.5 Å². The predicted octanol–water partition coefficient (Wildman–Crippen LogP) is 1.99. The van der Waals surface area contributed by atoms with Crippen molar-refractivity contribution in [3.05, 3.63) is 23.9 Å². The highest BCUT2D eigenvalue weighted by Crippen LogP contribution is 2.20. The van der Waals surface area contributed by atoms with Crippen LogP contribution in [0.1, 0.15) is 18.4 Å². The molecular formula is C14H20Cl2F3N3O3. The first kappa shape index (κ1) is 23.7. The van der Waals surface area contributed by atoms with E-state index in [4.69, 9.17) is 10.5 Å². The van der Waals surface area contributed by atoms with E-state index in [0.29, 0.717) is 18.5 Å². The summed E-state index contributed by atoms with van der Waals surface area (Å²) in [7, 11) is 0. The molecule has 0 aromatic carbocycles. The summed E-state index contributed by atoms with van der Waals surface area (Å²) in [6.07, 6.45) is -2.40. The third-order valence-electron chi connectivity index (χ3n) is 3.31. The molecule has 2 heterocycles. The molecule has 2 atom stereocenters. The number of pyridine rings is 1. The van der Waals surface area contributed by atoms with E-state index in [-0.39, 0.29) is 49.2 Å². The Hall–Kier alpha value is -1.29. The minimum absolute atomic E-state index is 0. The number of carbonyl (C=O) groups is 1. The summed E-state index contributed by atoms with van der Waals surface area (Å²) in [5, 5.41) is 2.67. The number of nitrogens with two attached hydrogens (primary N) is 1. The van der Waals surface area contributed by atoms with Crippen molar-refractivity contribution in [3.8, 4) is 5.88 Å². The summed E-state index contributed by atoms with van der Waals surface area (Å²) < 4.78 is 46.3. The number of rotatable bonds is 6. The second kappa shape index (κ2) is 10.6. The Morgan fingerprint density at radius 2 is 2.12 bits per heavy atom. The van der Waals surface area contributed by atoms with Gasteiger partial charge in [0.25, 0.3) is 0 Å². The molecular weight excluding hydrogens is 386 g/mol.